The molecule has 0 fully saturated rings. The lowest BCUT2D eigenvalue weighted by molar-refractivity contribution is -0.119. The molecule has 12 heavy (non-hydrogen) atoms. The minimum atomic E-state index is -0.0215. The van der Waals surface area contributed by atoms with E-state index in [-0.39, 0.29) is 5.91 Å². The number of nitrogens with one attached hydrogen (secondary N) is 1. The van der Waals surface area contributed by atoms with Gasteiger partial charge in [0, 0.05) is 13.5 Å². The molecule has 0 unspecified atom stereocenters. The Morgan fingerprint density at radius 2 is 2.00 bits per heavy atom. The van der Waals surface area contributed by atoms with Gasteiger partial charge in [0.25, 0.3) is 0 Å². The average molecular weight is 159 g/mol. The molecule has 1 amide bonds. The number of hydrogen-bond donors (Lipinski definition) is 1. The summed E-state index contributed by atoms with van der Waals surface area (Å²) in [5.74, 6) is -0.0215. The Balaban J connectivity index is 2.53. The average Bonchev–Trinajstić information content (AvgIpc) is 2.03. The molecule has 0 aliphatic heterocycles. The first kappa shape index (κ1) is 8.85. The maximum Gasteiger partial charge on any atom is 0.217 e. The van der Waals surface area contributed by atoms with E-state index in [1.54, 1.807) is 0 Å². The maximum absolute atomic E-state index is 10.5. The molecule has 0 aliphatic carbocycles. The van der Waals surface area contributed by atoms with Crippen molar-refractivity contribution >= 4 is 19.2 Å². The second-order valence-corrected chi connectivity index (χ2v) is 2.65. The van der Waals surface area contributed by atoms with Gasteiger partial charge in [-0.05, 0) is 5.56 Å². The summed E-state index contributed by atoms with van der Waals surface area (Å²) in [6.45, 7) is 2.06. The molecule has 0 saturated carbocycles. The number of hydrogen-bond acceptors (Lipinski definition) is 1. The first-order valence-corrected chi connectivity index (χ1v) is 3.77. The van der Waals surface area contributed by atoms with Crippen LogP contribution in [0.25, 0.3) is 0 Å². The van der Waals surface area contributed by atoms with Gasteiger partial charge in [0.1, 0.15) is 7.85 Å². The molecule has 0 heterocycles. The van der Waals surface area contributed by atoms with Gasteiger partial charge in [0.2, 0.25) is 5.91 Å². The van der Waals surface area contributed by atoms with Crippen molar-refractivity contribution in [3.05, 3.63) is 29.8 Å². The topological polar surface area (TPSA) is 29.1 Å². The minimum Gasteiger partial charge on any atom is -0.352 e. The second kappa shape index (κ2) is 3.95. The van der Waals surface area contributed by atoms with E-state index in [9.17, 15) is 4.79 Å². The van der Waals surface area contributed by atoms with Crippen molar-refractivity contribution in [1.82, 2.24) is 5.32 Å². The molecule has 1 aromatic rings. The fraction of sp³-hybridized carbons (Fsp3) is 0.222. The van der Waals surface area contributed by atoms with Crippen LogP contribution in [0.3, 0.4) is 0 Å². The fourth-order valence-corrected chi connectivity index (χ4v) is 0.862. The van der Waals surface area contributed by atoms with Gasteiger partial charge >= 0.3 is 0 Å². The highest BCUT2D eigenvalue weighted by molar-refractivity contribution is 6.32. The summed E-state index contributed by atoms with van der Waals surface area (Å²) in [6, 6.07) is 7.42. The third-order valence-corrected chi connectivity index (χ3v) is 1.52. The molecule has 2 nitrogen and oxygen atoms in total. The molecule has 1 rings (SSSR count). The van der Waals surface area contributed by atoms with Crippen LogP contribution in [0.2, 0.25) is 0 Å². The Bertz CT molecular complexity index is 268. The van der Waals surface area contributed by atoms with Crippen LogP contribution in [-0.2, 0) is 11.3 Å². The molecular weight excluding hydrogens is 149 g/mol. The van der Waals surface area contributed by atoms with Crippen LogP contribution in [0.5, 0.6) is 0 Å². The van der Waals surface area contributed by atoms with Crippen LogP contribution < -0.4 is 10.8 Å². The van der Waals surface area contributed by atoms with Gasteiger partial charge in [-0.3, -0.25) is 4.79 Å². The van der Waals surface area contributed by atoms with Gasteiger partial charge in [0.05, 0.1) is 0 Å². The van der Waals surface area contributed by atoms with E-state index in [1.165, 1.54) is 6.92 Å². The zero-order valence-corrected chi connectivity index (χ0v) is 7.00. The van der Waals surface area contributed by atoms with E-state index >= 15 is 0 Å². The van der Waals surface area contributed by atoms with Gasteiger partial charge in [-0.1, -0.05) is 29.7 Å². The van der Waals surface area contributed by atoms with Gasteiger partial charge in [0.15, 0.2) is 0 Å². The van der Waals surface area contributed by atoms with Gasteiger partial charge in [-0.15, -0.1) is 0 Å². The summed E-state index contributed by atoms with van der Waals surface area (Å²) in [5.41, 5.74) is 1.79. The summed E-state index contributed by atoms with van der Waals surface area (Å²) < 4.78 is 0. The lowest BCUT2D eigenvalue weighted by atomic mass is 9.95. The molecule has 0 bridgehead atoms. The Morgan fingerprint density at radius 1 is 1.42 bits per heavy atom. The van der Waals surface area contributed by atoms with Crippen LogP contribution in [-0.4, -0.2) is 13.8 Å². The monoisotopic (exact) mass is 159 g/mol. The van der Waals surface area contributed by atoms with Crippen molar-refractivity contribution in [3.63, 3.8) is 0 Å². The molecule has 2 radical (unpaired) electrons. The SMILES string of the molecule is [B]c1ccc(CNC(C)=O)cc1. The Kier molecular flexibility index (Phi) is 2.91. The lowest BCUT2D eigenvalue weighted by Crippen LogP contribution is -2.19. The van der Waals surface area contributed by atoms with Crippen LogP contribution >= 0.6 is 0 Å². The quantitative estimate of drug-likeness (QED) is 0.610. The van der Waals surface area contributed by atoms with Crippen molar-refractivity contribution in [2.75, 3.05) is 0 Å². The van der Waals surface area contributed by atoms with Crippen molar-refractivity contribution in [2.45, 2.75) is 13.5 Å². The van der Waals surface area contributed by atoms with E-state index in [4.69, 9.17) is 7.85 Å². The van der Waals surface area contributed by atoms with Crippen molar-refractivity contribution in [2.24, 2.45) is 0 Å². The highest BCUT2D eigenvalue weighted by Crippen LogP contribution is 1.94. The van der Waals surface area contributed by atoms with E-state index in [2.05, 4.69) is 5.32 Å². The summed E-state index contributed by atoms with van der Waals surface area (Å²) >= 11 is 0. The number of carbonyl (C=O) groups excluding carboxylic acids is 1. The van der Waals surface area contributed by atoms with E-state index in [0.29, 0.717) is 6.54 Å². The van der Waals surface area contributed by atoms with Crippen LogP contribution in [0, 0.1) is 0 Å². The fourth-order valence-electron chi connectivity index (χ4n) is 0.862. The van der Waals surface area contributed by atoms with Gasteiger partial charge in [-0.25, -0.2) is 0 Å². The van der Waals surface area contributed by atoms with Crippen LogP contribution in [0.1, 0.15) is 12.5 Å². The molecule has 0 spiro atoms. The molecule has 0 saturated heterocycles. The molecule has 0 atom stereocenters. The predicted molar refractivity (Wildman–Crippen MR) is 49.4 cm³/mol. The predicted octanol–water partition coefficient (Wildman–Crippen LogP) is 0.116. The second-order valence-electron chi connectivity index (χ2n) is 2.65. The van der Waals surface area contributed by atoms with Gasteiger partial charge in [-0.2, -0.15) is 0 Å². The Labute approximate surface area is 73.4 Å². The van der Waals surface area contributed by atoms with Crippen molar-refractivity contribution < 1.29 is 4.79 Å². The number of rotatable bonds is 2. The maximum atomic E-state index is 10.5. The first-order valence-electron chi connectivity index (χ1n) is 3.77. The third kappa shape index (κ3) is 2.78. The smallest absolute Gasteiger partial charge is 0.217 e. The highest BCUT2D eigenvalue weighted by Gasteiger charge is 1.92. The summed E-state index contributed by atoms with van der Waals surface area (Å²) in [4.78, 5) is 10.5. The van der Waals surface area contributed by atoms with Crippen LogP contribution in [0.15, 0.2) is 24.3 Å². The van der Waals surface area contributed by atoms with E-state index in [1.807, 2.05) is 24.3 Å². The summed E-state index contributed by atoms with van der Waals surface area (Å²) in [6.07, 6.45) is 0. The lowest BCUT2D eigenvalue weighted by Gasteiger charge is -2.01. The summed E-state index contributed by atoms with van der Waals surface area (Å²) in [7, 11) is 5.50. The first-order chi connectivity index (χ1) is 5.68. The van der Waals surface area contributed by atoms with E-state index in [0.717, 1.165) is 11.0 Å². The molecule has 1 aromatic carbocycles. The Hall–Kier alpha value is -1.25. The molecule has 1 N–H and O–H groups in total. The van der Waals surface area contributed by atoms with Gasteiger partial charge < -0.3 is 5.32 Å². The van der Waals surface area contributed by atoms with Crippen LogP contribution in [0.4, 0.5) is 0 Å². The third-order valence-electron chi connectivity index (χ3n) is 1.52. The number of carbonyl (C=O) groups is 1. The zero-order valence-electron chi connectivity index (χ0n) is 7.00. The standard InChI is InChI=1S/C9H10BNO/c1-7(12)11-6-8-2-4-9(10)5-3-8/h2-5H,6H2,1H3,(H,11,12). The molecule has 0 aromatic heterocycles. The van der Waals surface area contributed by atoms with E-state index < -0.39 is 0 Å². The number of amides is 1. The molecule has 3 heteroatoms. The molecule has 0 aliphatic rings. The molecule has 60 valence electrons. The minimum absolute atomic E-state index is 0.0215. The molecular formula is C9H10BNO. The van der Waals surface area contributed by atoms with Crippen molar-refractivity contribution in [3.8, 4) is 0 Å². The largest absolute Gasteiger partial charge is 0.352 e. The highest BCUT2D eigenvalue weighted by atomic mass is 16.1. The normalized spacial score (nSPS) is 9.42. The summed E-state index contributed by atoms with van der Waals surface area (Å²) in [5, 5.41) is 2.70. The zero-order chi connectivity index (χ0) is 8.97. The Morgan fingerprint density at radius 3 is 2.50 bits per heavy atom. The number of benzene rings is 1. The van der Waals surface area contributed by atoms with Crippen molar-refractivity contribution in [1.29, 1.82) is 0 Å².